The van der Waals surface area contributed by atoms with Gasteiger partial charge in [0.15, 0.2) is 24.4 Å². The van der Waals surface area contributed by atoms with Crippen LogP contribution in [0.5, 0.6) is 0 Å². The molecule has 0 bridgehead atoms. The molecule has 0 heterocycles. The molecule has 0 rings (SSSR count). The monoisotopic (exact) mass is 434 g/mol. The molecule has 8 N–H and O–H groups in total. The number of aliphatic hydroxyl groups excluding tert-OH is 4. The molecule has 0 saturated heterocycles. The van der Waals surface area contributed by atoms with Crippen molar-refractivity contribution >= 4 is 23.9 Å². The summed E-state index contributed by atoms with van der Waals surface area (Å²) in [5.41, 5.74) is 0. The van der Waals surface area contributed by atoms with Crippen LogP contribution in [0, 0.1) is 0 Å². The summed E-state index contributed by atoms with van der Waals surface area (Å²) in [4.78, 5) is 39.1. The van der Waals surface area contributed by atoms with Crippen molar-refractivity contribution in [2.75, 3.05) is 0 Å². The summed E-state index contributed by atoms with van der Waals surface area (Å²) in [5.74, 6) is -7.07. The zero-order valence-electron chi connectivity index (χ0n) is 11.2. The number of hydrogen-bond acceptors (Lipinski definition) is 10. The number of carbonyl (C=O) groups is 4. The maximum absolute atomic E-state index is 9.77. The Morgan fingerprint density at radius 1 is 0.458 bits per heavy atom. The molecule has 4 atom stereocenters. The van der Waals surface area contributed by atoms with Gasteiger partial charge in [0.05, 0.1) is 0 Å². The number of aliphatic carboxylic acids is 4. The Bertz CT molecular complexity index is 340. The van der Waals surface area contributed by atoms with Gasteiger partial charge in [0.25, 0.3) is 0 Å². The van der Waals surface area contributed by atoms with Crippen molar-refractivity contribution in [2.24, 2.45) is 0 Å². The Hall–Kier alpha value is -1.51. The topological polar surface area (TPSA) is 264 Å². The molecule has 16 heteroatoms. The molecule has 0 aromatic rings. The predicted octanol–water partition coefficient (Wildman–Crippen LogP) is -4.49. The van der Waals surface area contributed by atoms with Crippen molar-refractivity contribution in [3.05, 3.63) is 0 Å². The number of hydrogen-bond donors (Lipinski definition) is 8. The molecule has 138 valence electrons. The zero-order chi connectivity index (χ0) is 20.6. The molecule has 0 aromatic carbocycles. The van der Waals surface area contributed by atoms with Gasteiger partial charge in [-0.25, -0.2) is 19.2 Å². The first kappa shape index (κ1) is 30.4. The molecule has 0 aliphatic rings. The zero-order valence-corrected chi connectivity index (χ0v) is 14.0. The van der Waals surface area contributed by atoms with Crippen LogP contribution < -0.4 is 0 Å². The summed E-state index contributed by atoms with van der Waals surface area (Å²) in [6.45, 7) is 0. The Balaban J connectivity index is -0.000000138. The average Bonchev–Trinajstić information content (AvgIpc) is 2.55. The number of carboxylic acids is 4. The summed E-state index contributed by atoms with van der Waals surface area (Å²) < 4.78 is 16.4. The van der Waals surface area contributed by atoms with Gasteiger partial charge in [-0.15, -0.1) is 0 Å². The molecular formula is C8H12O14V2. The second-order valence-electron chi connectivity index (χ2n) is 3.13. The van der Waals surface area contributed by atoms with Gasteiger partial charge >= 0.3 is 66.0 Å². The molecular weight excluding hydrogens is 422 g/mol. The molecule has 0 spiro atoms. The SMILES string of the molecule is O=C(O)C(O)C(O)C(=O)O.O=C(O)C(O)C(O)C(=O)O.[O]=[V].[O]=[V]. The van der Waals surface area contributed by atoms with Crippen LogP contribution in [0.15, 0.2) is 0 Å². The number of aliphatic hydroxyl groups is 4. The van der Waals surface area contributed by atoms with Crippen LogP contribution in [0.1, 0.15) is 0 Å². The third-order valence-electron chi connectivity index (χ3n) is 1.61. The van der Waals surface area contributed by atoms with Gasteiger partial charge in [-0.3, -0.25) is 0 Å². The average molecular weight is 434 g/mol. The van der Waals surface area contributed by atoms with E-state index < -0.39 is 48.3 Å². The van der Waals surface area contributed by atoms with Crippen molar-refractivity contribution in [3.63, 3.8) is 0 Å². The molecule has 0 saturated carbocycles. The van der Waals surface area contributed by atoms with E-state index in [4.69, 9.17) is 48.2 Å². The molecule has 0 aliphatic carbocycles. The third kappa shape index (κ3) is 15.4. The van der Waals surface area contributed by atoms with Crippen LogP contribution in [-0.4, -0.2) is 89.1 Å². The standard InChI is InChI=1S/2C4H6O6.2O.2V/c2*5-1(3(7)8)2(6)4(9)10;;;;/h2*1-2,5-6H,(H,7,8)(H,9,10);;;;. The minimum atomic E-state index is -2.27. The summed E-state index contributed by atoms with van der Waals surface area (Å²) in [6.07, 6.45) is -9.06. The fraction of sp³-hybridized carbons (Fsp3) is 0.500. The van der Waals surface area contributed by atoms with E-state index in [1.54, 1.807) is 0 Å². The van der Waals surface area contributed by atoms with Crippen LogP contribution in [-0.2, 0) is 61.3 Å². The maximum atomic E-state index is 9.77. The van der Waals surface area contributed by atoms with Crippen molar-refractivity contribution < 1.29 is 102 Å². The van der Waals surface area contributed by atoms with E-state index in [2.05, 4.69) is 0 Å². The van der Waals surface area contributed by atoms with Crippen molar-refractivity contribution in [1.29, 1.82) is 0 Å². The number of rotatable bonds is 6. The van der Waals surface area contributed by atoms with Crippen LogP contribution in [0.4, 0.5) is 0 Å². The molecule has 0 aromatic heterocycles. The van der Waals surface area contributed by atoms with E-state index in [-0.39, 0.29) is 0 Å². The van der Waals surface area contributed by atoms with E-state index in [0.29, 0.717) is 0 Å². The molecule has 24 heavy (non-hydrogen) atoms. The fourth-order valence-electron chi connectivity index (χ4n) is 0.540. The van der Waals surface area contributed by atoms with E-state index in [0.717, 1.165) is 34.7 Å². The minimum absolute atomic E-state index is 1.06. The fourth-order valence-corrected chi connectivity index (χ4v) is 0.540. The van der Waals surface area contributed by atoms with Crippen LogP contribution in [0.3, 0.4) is 0 Å². The van der Waals surface area contributed by atoms with Crippen molar-refractivity contribution in [1.82, 2.24) is 0 Å². The van der Waals surface area contributed by atoms with Crippen molar-refractivity contribution in [2.45, 2.75) is 24.4 Å². The van der Waals surface area contributed by atoms with Crippen LogP contribution in [0.25, 0.3) is 0 Å². The Labute approximate surface area is 150 Å². The Morgan fingerprint density at radius 3 is 0.583 bits per heavy atom. The Kier molecular flexibility index (Phi) is 22.6. The van der Waals surface area contributed by atoms with Gasteiger partial charge in [0.2, 0.25) is 0 Å². The molecule has 0 aliphatic heterocycles. The van der Waals surface area contributed by atoms with E-state index in [1.807, 2.05) is 0 Å². The van der Waals surface area contributed by atoms with E-state index >= 15 is 0 Å². The molecule has 0 amide bonds. The van der Waals surface area contributed by atoms with Crippen molar-refractivity contribution in [3.8, 4) is 0 Å². The third-order valence-corrected chi connectivity index (χ3v) is 1.61. The van der Waals surface area contributed by atoms with Crippen LogP contribution in [0.2, 0.25) is 0 Å². The quantitative estimate of drug-likeness (QED) is 0.196. The molecule has 14 nitrogen and oxygen atoms in total. The predicted molar refractivity (Wildman–Crippen MR) is 55.9 cm³/mol. The van der Waals surface area contributed by atoms with Gasteiger partial charge in [-0.05, 0) is 0 Å². The first-order valence-corrected chi connectivity index (χ1v) is 6.07. The summed E-state index contributed by atoms with van der Waals surface area (Å²) >= 11 is 2.12. The van der Waals surface area contributed by atoms with Crippen LogP contribution >= 0.6 is 0 Å². The number of carboxylic acid groups (broad SMARTS) is 4. The van der Waals surface area contributed by atoms with Gasteiger partial charge in [0.1, 0.15) is 0 Å². The molecule has 0 fully saturated rings. The first-order valence-electron chi connectivity index (χ1n) is 4.93. The van der Waals surface area contributed by atoms with E-state index in [1.165, 1.54) is 0 Å². The normalized spacial score (nSPS) is 13.4. The Morgan fingerprint density at radius 2 is 0.542 bits per heavy atom. The second-order valence-corrected chi connectivity index (χ2v) is 3.13. The summed E-state index contributed by atoms with van der Waals surface area (Å²) in [5, 5.41) is 65.1. The van der Waals surface area contributed by atoms with Gasteiger partial charge in [-0.2, -0.15) is 0 Å². The first-order chi connectivity index (χ1) is 10.9. The summed E-state index contributed by atoms with van der Waals surface area (Å²) in [6, 6.07) is 0. The van der Waals surface area contributed by atoms with Gasteiger partial charge in [-0.1, -0.05) is 0 Å². The second kappa shape index (κ2) is 17.8. The van der Waals surface area contributed by atoms with Gasteiger partial charge < -0.3 is 40.9 Å². The summed E-state index contributed by atoms with van der Waals surface area (Å²) in [7, 11) is 0. The van der Waals surface area contributed by atoms with Gasteiger partial charge in [0, 0.05) is 0 Å². The van der Waals surface area contributed by atoms with E-state index in [9.17, 15) is 19.2 Å². The molecule has 0 radical (unpaired) electrons. The molecule has 4 unspecified atom stereocenters.